The third-order valence-corrected chi connectivity index (χ3v) is 5.71. The molecule has 0 aromatic heterocycles. The number of ether oxygens (including phenoxy) is 1. The van der Waals surface area contributed by atoms with Crippen molar-refractivity contribution in [2.75, 3.05) is 0 Å². The van der Waals surface area contributed by atoms with Crippen LogP contribution < -0.4 is 4.74 Å². The average Bonchev–Trinajstić information content (AvgIpc) is 2.79. The lowest BCUT2D eigenvalue weighted by Gasteiger charge is -2.22. The summed E-state index contributed by atoms with van der Waals surface area (Å²) in [4.78, 5) is 12.4. The highest BCUT2D eigenvalue weighted by molar-refractivity contribution is 5.92. The second-order valence-electron chi connectivity index (χ2n) is 7.86. The molecule has 0 spiro atoms. The van der Waals surface area contributed by atoms with Crippen LogP contribution in [0.15, 0.2) is 67.3 Å². The summed E-state index contributed by atoms with van der Waals surface area (Å²) in [6.45, 7) is 3.87. The first-order valence-electron chi connectivity index (χ1n) is 10.4. The summed E-state index contributed by atoms with van der Waals surface area (Å²) in [5, 5.41) is 0.983. The topological polar surface area (TPSA) is 26.3 Å². The molecule has 1 saturated carbocycles. The zero-order chi connectivity index (χ0) is 21.8. The number of fused-ring (bicyclic) bond motifs is 1. The molecule has 156 valence electrons. The van der Waals surface area contributed by atoms with Crippen LogP contribution in [0.5, 0.6) is 5.75 Å². The van der Waals surface area contributed by atoms with Gasteiger partial charge in [-0.2, -0.15) is 0 Å². The molecule has 0 radical (unpaired) electrons. The van der Waals surface area contributed by atoms with Gasteiger partial charge in [-0.15, -0.1) is 6.58 Å². The third-order valence-electron chi connectivity index (χ3n) is 5.71. The molecule has 0 amide bonds. The van der Waals surface area contributed by atoms with Crippen molar-refractivity contribution >= 4 is 16.7 Å². The number of esters is 1. The van der Waals surface area contributed by atoms with Gasteiger partial charge in [-0.25, -0.2) is 13.6 Å². The Hall–Kier alpha value is -3.45. The van der Waals surface area contributed by atoms with Crippen LogP contribution in [0, 0.1) is 35.3 Å². The Labute approximate surface area is 180 Å². The van der Waals surface area contributed by atoms with Crippen molar-refractivity contribution in [3.63, 3.8) is 0 Å². The quantitative estimate of drug-likeness (QED) is 0.206. The molecule has 2 nitrogen and oxygen atoms in total. The zero-order valence-electron chi connectivity index (χ0n) is 17.0. The maximum absolute atomic E-state index is 13.5. The van der Waals surface area contributed by atoms with Gasteiger partial charge in [-0.3, -0.25) is 0 Å². The molecule has 0 saturated heterocycles. The Morgan fingerprint density at radius 3 is 2.29 bits per heavy atom. The molecule has 3 aromatic carbocycles. The number of rotatable bonds is 3. The second kappa shape index (κ2) is 9.14. The van der Waals surface area contributed by atoms with Gasteiger partial charge in [0.2, 0.25) is 0 Å². The lowest BCUT2D eigenvalue weighted by atomic mass is 9.82. The fraction of sp³-hybridized carbons (Fsp3) is 0.222. The summed E-state index contributed by atoms with van der Waals surface area (Å²) >= 11 is 0. The molecule has 0 unspecified atom stereocenters. The maximum Gasteiger partial charge on any atom is 0.343 e. The molecule has 0 N–H and O–H groups in total. The normalized spacial score (nSPS) is 18.1. The number of benzene rings is 3. The predicted molar refractivity (Wildman–Crippen MR) is 118 cm³/mol. The number of hydrogen-bond acceptors (Lipinski definition) is 2. The Morgan fingerprint density at radius 2 is 1.61 bits per heavy atom. The minimum atomic E-state index is -0.943. The van der Waals surface area contributed by atoms with Gasteiger partial charge in [-0.1, -0.05) is 24.0 Å². The SMILES string of the molecule is C=CC1CCC(C#Cc2ccc(C(=O)Oc3ccc4cc(F)c(F)cc4c3)cc2)CC1. The molecular weight excluding hydrogens is 394 g/mol. The molecule has 0 bridgehead atoms. The molecule has 4 rings (SSSR count). The molecule has 4 heteroatoms. The van der Waals surface area contributed by atoms with Gasteiger partial charge in [0.05, 0.1) is 5.56 Å². The van der Waals surface area contributed by atoms with Crippen molar-refractivity contribution in [2.45, 2.75) is 25.7 Å². The molecule has 1 fully saturated rings. The van der Waals surface area contributed by atoms with E-state index in [1.165, 1.54) is 6.07 Å². The van der Waals surface area contributed by atoms with Gasteiger partial charge in [0.25, 0.3) is 0 Å². The van der Waals surface area contributed by atoms with E-state index >= 15 is 0 Å². The van der Waals surface area contributed by atoms with E-state index < -0.39 is 17.6 Å². The van der Waals surface area contributed by atoms with E-state index in [4.69, 9.17) is 4.74 Å². The molecular formula is C27H22F2O2. The smallest absolute Gasteiger partial charge is 0.343 e. The fourth-order valence-electron chi connectivity index (χ4n) is 3.82. The fourth-order valence-corrected chi connectivity index (χ4v) is 3.82. The van der Waals surface area contributed by atoms with Crippen molar-refractivity contribution < 1.29 is 18.3 Å². The number of allylic oxidation sites excluding steroid dienone is 1. The van der Waals surface area contributed by atoms with E-state index in [-0.39, 0.29) is 5.75 Å². The van der Waals surface area contributed by atoms with Gasteiger partial charge >= 0.3 is 5.97 Å². The zero-order valence-corrected chi connectivity index (χ0v) is 17.0. The third kappa shape index (κ3) is 5.00. The van der Waals surface area contributed by atoms with E-state index in [0.29, 0.717) is 28.2 Å². The van der Waals surface area contributed by atoms with Crippen LogP contribution in [-0.2, 0) is 0 Å². The van der Waals surface area contributed by atoms with Crippen molar-refractivity contribution in [1.29, 1.82) is 0 Å². The highest BCUT2D eigenvalue weighted by Gasteiger charge is 2.17. The van der Waals surface area contributed by atoms with Crippen molar-refractivity contribution in [2.24, 2.45) is 11.8 Å². The Morgan fingerprint density at radius 1 is 0.935 bits per heavy atom. The van der Waals surface area contributed by atoms with E-state index in [0.717, 1.165) is 43.4 Å². The van der Waals surface area contributed by atoms with Gasteiger partial charge in [0.15, 0.2) is 11.6 Å². The highest BCUT2D eigenvalue weighted by Crippen LogP contribution is 2.29. The maximum atomic E-state index is 13.5. The highest BCUT2D eigenvalue weighted by atomic mass is 19.2. The monoisotopic (exact) mass is 416 g/mol. The van der Waals surface area contributed by atoms with Crippen LogP contribution in [0.1, 0.15) is 41.6 Å². The second-order valence-corrected chi connectivity index (χ2v) is 7.86. The number of halogens is 2. The lowest BCUT2D eigenvalue weighted by molar-refractivity contribution is 0.0735. The van der Waals surface area contributed by atoms with Crippen LogP contribution in [0.4, 0.5) is 8.78 Å². The standard InChI is InChI=1S/C27H22F2O2/c1-2-18-3-5-19(6-4-18)7-8-20-9-11-21(12-10-20)27(30)31-24-14-13-22-16-25(28)26(29)17-23(22)15-24/h2,9-19H,1,3-6H2. The molecule has 0 aliphatic heterocycles. The number of hydrogen-bond donors (Lipinski definition) is 0. The van der Waals surface area contributed by atoms with Crippen LogP contribution >= 0.6 is 0 Å². The molecule has 31 heavy (non-hydrogen) atoms. The summed E-state index contributed by atoms with van der Waals surface area (Å²) in [7, 11) is 0. The molecule has 0 atom stereocenters. The minimum absolute atomic E-state index is 0.266. The largest absolute Gasteiger partial charge is 0.423 e. The van der Waals surface area contributed by atoms with E-state index in [2.05, 4.69) is 18.4 Å². The average molecular weight is 416 g/mol. The molecule has 1 aliphatic rings. The predicted octanol–water partition coefficient (Wildman–Crippen LogP) is 6.68. The van der Waals surface area contributed by atoms with Crippen LogP contribution in [-0.4, -0.2) is 5.97 Å². The van der Waals surface area contributed by atoms with E-state index in [9.17, 15) is 13.6 Å². The van der Waals surface area contributed by atoms with Gasteiger partial charge in [0, 0.05) is 11.5 Å². The van der Waals surface area contributed by atoms with Crippen LogP contribution in [0.2, 0.25) is 0 Å². The summed E-state index contributed by atoms with van der Waals surface area (Å²) in [6.07, 6.45) is 6.51. The van der Waals surface area contributed by atoms with Gasteiger partial charge in [-0.05, 0) is 90.9 Å². The first kappa shape index (κ1) is 20.8. The lowest BCUT2D eigenvalue weighted by Crippen LogP contribution is -2.11. The van der Waals surface area contributed by atoms with E-state index in [1.54, 1.807) is 36.4 Å². The first-order valence-corrected chi connectivity index (χ1v) is 10.4. The number of carbonyl (C=O) groups is 1. The van der Waals surface area contributed by atoms with E-state index in [1.807, 2.05) is 6.08 Å². The van der Waals surface area contributed by atoms with Crippen molar-refractivity contribution in [3.05, 3.63) is 90.0 Å². The van der Waals surface area contributed by atoms with Gasteiger partial charge in [0.1, 0.15) is 5.75 Å². The Bertz CT molecular complexity index is 1180. The van der Waals surface area contributed by atoms with Crippen molar-refractivity contribution in [3.8, 4) is 17.6 Å². The first-order chi connectivity index (χ1) is 15.0. The van der Waals surface area contributed by atoms with Crippen LogP contribution in [0.3, 0.4) is 0 Å². The summed E-state index contributed by atoms with van der Waals surface area (Å²) in [5.41, 5.74) is 1.24. The van der Waals surface area contributed by atoms with Crippen LogP contribution in [0.25, 0.3) is 10.8 Å². The summed E-state index contributed by atoms with van der Waals surface area (Å²) in [5.74, 6) is 5.45. The molecule has 0 heterocycles. The minimum Gasteiger partial charge on any atom is -0.423 e. The summed E-state index contributed by atoms with van der Waals surface area (Å²) < 4.78 is 32.2. The Kier molecular flexibility index (Phi) is 6.13. The number of carbonyl (C=O) groups excluding carboxylic acids is 1. The molecule has 3 aromatic rings. The summed E-state index contributed by atoms with van der Waals surface area (Å²) in [6, 6.07) is 13.8. The molecule has 1 aliphatic carbocycles. The Balaban J connectivity index is 1.41. The van der Waals surface area contributed by atoms with Gasteiger partial charge < -0.3 is 4.74 Å². The van der Waals surface area contributed by atoms with Crippen molar-refractivity contribution in [1.82, 2.24) is 0 Å².